The van der Waals surface area contributed by atoms with Crippen LogP contribution in [0.2, 0.25) is 0 Å². The Labute approximate surface area is 173 Å². The summed E-state index contributed by atoms with van der Waals surface area (Å²) >= 11 is 0. The second kappa shape index (κ2) is 9.12. The minimum absolute atomic E-state index is 0.0430. The van der Waals surface area contributed by atoms with Gasteiger partial charge in [0.2, 0.25) is 11.8 Å². The molecule has 2 unspecified atom stereocenters. The highest BCUT2D eigenvalue weighted by Crippen LogP contribution is 2.35. The molecule has 0 saturated carbocycles. The SMILES string of the molecule is COc1cccc(C2CN(C(=O)Cc3ccccc3)CC2C(=O)N(C)C(C)C)c1. The summed E-state index contributed by atoms with van der Waals surface area (Å²) in [6.45, 7) is 5.00. The maximum absolute atomic E-state index is 13.2. The summed E-state index contributed by atoms with van der Waals surface area (Å²) in [6.07, 6.45) is 0.354. The molecule has 1 saturated heterocycles. The largest absolute Gasteiger partial charge is 0.497 e. The fourth-order valence-electron chi connectivity index (χ4n) is 3.87. The molecule has 3 rings (SSSR count). The standard InChI is InChI=1S/C24H30N2O3/c1-17(2)25(3)24(28)22-16-26(23(27)13-18-9-6-5-7-10-18)15-21(22)19-11-8-12-20(14-19)29-4/h5-12,14,17,21-22H,13,15-16H2,1-4H3. The third-order valence-electron chi connectivity index (χ3n) is 5.83. The molecule has 2 amide bonds. The van der Waals surface area contributed by atoms with Crippen molar-refractivity contribution >= 4 is 11.8 Å². The zero-order valence-electron chi connectivity index (χ0n) is 17.7. The third-order valence-corrected chi connectivity index (χ3v) is 5.83. The minimum Gasteiger partial charge on any atom is -0.497 e. The Bertz CT molecular complexity index is 850. The molecule has 5 nitrogen and oxygen atoms in total. The van der Waals surface area contributed by atoms with Gasteiger partial charge in [0, 0.05) is 32.1 Å². The van der Waals surface area contributed by atoms with Crippen LogP contribution in [0.25, 0.3) is 0 Å². The van der Waals surface area contributed by atoms with Gasteiger partial charge >= 0.3 is 0 Å². The molecule has 1 aliphatic heterocycles. The fraction of sp³-hybridized carbons (Fsp3) is 0.417. The highest BCUT2D eigenvalue weighted by molar-refractivity contribution is 5.84. The molecule has 0 aromatic heterocycles. The molecule has 0 N–H and O–H groups in total. The van der Waals surface area contributed by atoms with Crippen LogP contribution in [0, 0.1) is 5.92 Å². The lowest BCUT2D eigenvalue weighted by atomic mass is 9.87. The van der Waals surface area contributed by atoms with Crippen molar-refractivity contribution in [3.63, 3.8) is 0 Å². The molecule has 2 aromatic carbocycles. The quantitative estimate of drug-likeness (QED) is 0.755. The predicted molar refractivity (Wildman–Crippen MR) is 114 cm³/mol. The number of hydrogen-bond acceptors (Lipinski definition) is 3. The van der Waals surface area contributed by atoms with E-state index in [1.807, 2.05) is 80.4 Å². The van der Waals surface area contributed by atoms with E-state index >= 15 is 0 Å². The summed E-state index contributed by atoms with van der Waals surface area (Å²) in [7, 11) is 3.47. The van der Waals surface area contributed by atoms with Gasteiger partial charge in [-0.3, -0.25) is 9.59 Å². The second-order valence-electron chi connectivity index (χ2n) is 7.99. The Balaban J connectivity index is 1.85. The first kappa shape index (κ1) is 20.9. The zero-order chi connectivity index (χ0) is 21.0. The van der Waals surface area contributed by atoms with Crippen LogP contribution in [0.4, 0.5) is 0 Å². The molecular formula is C24H30N2O3. The molecule has 2 aromatic rings. The number of likely N-dealkylation sites (tertiary alicyclic amines) is 1. The normalized spacial score (nSPS) is 18.7. The van der Waals surface area contributed by atoms with Gasteiger partial charge in [-0.25, -0.2) is 0 Å². The maximum Gasteiger partial charge on any atom is 0.228 e. The number of hydrogen-bond donors (Lipinski definition) is 0. The highest BCUT2D eigenvalue weighted by Gasteiger charge is 2.41. The van der Waals surface area contributed by atoms with Crippen LogP contribution in [0.3, 0.4) is 0 Å². The Morgan fingerprint density at radius 2 is 1.83 bits per heavy atom. The highest BCUT2D eigenvalue weighted by atomic mass is 16.5. The summed E-state index contributed by atoms with van der Waals surface area (Å²) in [6, 6.07) is 17.7. The average molecular weight is 395 g/mol. The lowest BCUT2D eigenvalue weighted by Gasteiger charge is -2.27. The molecule has 5 heteroatoms. The smallest absolute Gasteiger partial charge is 0.228 e. The Kier molecular flexibility index (Phi) is 6.57. The van der Waals surface area contributed by atoms with Crippen molar-refractivity contribution in [3.05, 3.63) is 65.7 Å². The van der Waals surface area contributed by atoms with Crippen molar-refractivity contribution in [2.45, 2.75) is 32.2 Å². The lowest BCUT2D eigenvalue weighted by Crippen LogP contribution is -2.40. The van der Waals surface area contributed by atoms with Crippen molar-refractivity contribution in [3.8, 4) is 5.75 Å². The summed E-state index contributed by atoms with van der Waals surface area (Å²) in [4.78, 5) is 29.8. The fourth-order valence-corrected chi connectivity index (χ4v) is 3.87. The molecule has 0 aliphatic carbocycles. The van der Waals surface area contributed by atoms with Crippen LogP contribution < -0.4 is 4.74 Å². The van der Waals surface area contributed by atoms with Gasteiger partial charge in [-0.15, -0.1) is 0 Å². The van der Waals surface area contributed by atoms with Crippen molar-refractivity contribution in [1.82, 2.24) is 9.80 Å². The van der Waals surface area contributed by atoms with E-state index in [9.17, 15) is 9.59 Å². The average Bonchev–Trinajstić information content (AvgIpc) is 3.19. The number of ether oxygens (including phenoxy) is 1. The molecule has 1 aliphatic rings. The van der Waals surface area contributed by atoms with E-state index < -0.39 is 0 Å². The molecule has 154 valence electrons. The lowest BCUT2D eigenvalue weighted by molar-refractivity contribution is -0.136. The topological polar surface area (TPSA) is 49.9 Å². The second-order valence-corrected chi connectivity index (χ2v) is 7.99. The number of carbonyl (C=O) groups excluding carboxylic acids is 2. The first-order chi connectivity index (χ1) is 13.9. The molecular weight excluding hydrogens is 364 g/mol. The van der Waals surface area contributed by atoms with Crippen LogP contribution in [-0.2, 0) is 16.0 Å². The molecule has 0 spiro atoms. The van der Waals surface area contributed by atoms with Crippen molar-refractivity contribution in [2.24, 2.45) is 5.92 Å². The van der Waals surface area contributed by atoms with E-state index in [4.69, 9.17) is 4.74 Å². The molecule has 0 radical (unpaired) electrons. The summed E-state index contributed by atoms with van der Waals surface area (Å²) < 4.78 is 5.37. The number of methoxy groups -OCH3 is 1. The van der Waals surface area contributed by atoms with Gasteiger partial charge in [0.25, 0.3) is 0 Å². The Morgan fingerprint density at radius 1 is 1.10 bits per heavy atom. The molecule has 1 heterocycles. The third kappa shape index (κ3) is 4.78. The van der Waals surface area contributed by atoms with Crippen LogP contribution in [0.5, 0.6) is 5.75 Å². The number of benzene rings is 2. The van der Waals surface area contributed by atoms with Crippen molar-refractivity contribution < 1.29 is 14.3 Å². The maximum atomic E-state index is 13.2. The first-order valence-corrected chi connectivity index (χ1v) is 10.1. The Hall–Kier alpha value is -2.82. The van der Waals surface area contributed by atoms with E-state index in [1.165, 1.54) is 0 Å². The number of nitrogens with zero attached hydrogens (tertiary/aromatic N) is 2. The van der Waals surface area contributed by atoms with Gasteiger partial charge in [-0.2, -0.15) is 0 Å². The van der Waals surface area contributed by atoms with Gasteiger partial charge in [0.05, 0.1) is 19.4 Å². The van der Waals surface area contributed by atoms with Crippen molar-refractivity contribution in [2.75, 3.05) is 27.2 Å². The molecule has 29 heavy (non-hydrogen) atoms. The molecule has 0 bridgehead atoms. The summed E-state index contributed by atoms with van der Waals surface area (Å²) in [5.41, 5.74) is 2.03. The van der Waals surface area contributed by atoms with Crippen LogP contribution in [0.1, 0.15) is 30.9 Å². The minimum atomic E-state index is -0.255. The number of rotatable bonds is 6. The number of amides is 2. The van der Waals surface area contributed by atoms with E-state index in [-0.39, 0.29) is 29.7 Å². The monoisotopic (exact) mass is 394 g/mol. The van der Waals surface area contributed by atoms with E-state index in [0.717, 1.165) is 16.9 Å². The van der Waals surface area contributed by atoms with Gasteiger partial charge in [0.15, 0.2) is 0 Å². The zero-order valence-corrected chi connectivity index (χ0v) is 17.7. The van der Waals surface area contributed by atoms with Crippen LogP contribution in [-0.4, -0.2) is 54.9 Å². The Morgan fingerprint density at radius 3 is 2.48 bits per heavy atom. The summed E-state index contributed by atoms with van der Waals surface area (Å²) in [5.74, 6) is 0.613. The summed E-state index contributed by atoms with van der Waals surface area (Å²) in [5, 5.41) is 0. The van der Waals surface area contributed by atoms with E-state index in [1.54, 1.807) is 12.0 Å². The van der Waals surface area contributed by atoms with Crippen LogP contribution >= 0.6 is 0 Å². The van der Waals surface area contributed by atoms with Crippen LogP contribution in [0.15, 0.2) is 54.6 Å². The van der Waals surface area contributed by atoms with E-state index in [2.05, 4.69) is 0 Å². The van der Waals surface area contributed by atoms with E-state index in [0.29, 0.717) is 19.5 Å². The first-order valence-electron chi connectivity index (χ1n) is 10.1. The molecule has 2 atom stereocenters. The molecule has 1 fully saturated rings. The van der Waals surface area contributed by atoms with Crippen molar-refractivity contribution in [1.29, 1.82) is 0 Å². The number of carbonyl (C=O) groups is 2. The van der Waals surface area contributed by atoms with Gasteiger partial charge in [0.1, 0.15) is 5.75 Å². The predicted octanol–water partition coefficient (Wildman–Crippen LogP) is 3.35. The van der Waals surface area contributed by atoms with Gasteiger partial charge in [-0.1, -0.05) is 42.5 Å². The van der Waals surface area contributed by atoms with Gasteiger partial charge in [-0.05, 0) is 37.1 Å². The van der Waals surface area contributed by atoms with Gasteiger partial charge < -0.3 is 14.5 Å².